The van der Waals surface area contributed by atoms with Crippen molar-refractivity contribution >= 4 is 26.6 Å². The Morgan fingerprint density at radius 3 is 2.87 bits per heavy atom. The summed E-state index contributed by atoms with van der Waals surface area (Å²) in [5, 5.41) is 0.683. The first-order chi connectivity index (χ1) is 6.97. The number of rotatable bonds is 2. The van der Waals surface area contributed by atoms with Crippen molar-refractivity contribution in [1.29, 1.82) is 0 Å². The van der Waals surface area contributed by atoms with Gasteiger partial charge in [-0.25, -0.2) is 12.7 Å². The number of nitrogens with zero attached hydrogens (tertiary/aromatic N) is 2. The third kappa shape index (κ3) is 2.30. The molecule has 2 N–H and O–H groups in total. The average Bonchev–Trinajstić information content (AvgIpc) is 2.69. The Labute approximate surface area is 93.1 Å². The Hall–Kier alpha value is -0.660. The highest BCUT2D eigenvalue weighted by Gasteiger charge is 2.30. The lowest BCUT2D eigenvalue weighted by Gasteiger charge is -2.11. The van der Waals surface area contributed by atoms with Crippen LogP contribution in [-0.4, -0.2) is 36.4 Å². The van der Waals surface area contributed by atoms with Crippen LogP contribution in [0.15, 0.2) is 6.07 Å². The van der Waals surface area contributed by atoms with E-state index in [4.69, 9.17) is 5.73 Å². The van der Waals surface area contributed by atoms with E-state index in [1.54, 1.807) is 0 Å². The van der Waals surface area contributed by atoms with Crippen LogP contribution in [-0.2, 0) is 10.0 Å². The molecule has 2 rings (SSSR count). The summed E-state index contributed by atoms with van der Waals surface area (Å²) in [5.74, 6) is 0.202. The van der Waals surface area contributed by atoms with Crippen molar-refractivity contribution < 1.29 is 8.42 Å². The number of aromatic nitrogens is 1. The topological polar surface area (TPSA) is 76.3 Å². The third-order valence-electron chi connectivity index (χ3n) is 2.58. The van der Waals surface area contributed by atoms with Crippen LogP contribution in [0.3, 0.4) is 0 Å². The van der Waals surface area contributed by atoms with Crippen LogP contribution in [0.4, 0.5) is 5.00 Å². The lowest BCUT2D eigenvalue weighted by atomic mass is 10.1. The SMILES string of the molecule is CS(=O)(=O)N1CCC(c2cc(N)sn2)C1. The van der Waals surface area contributed by atoms with Crippen molar-refractivity contribution in [1.82, 2.24) is 8.68 Å². The van der Waals surface area contributed by atoms with Crippen molar-refractivity contribution in [2.45, 2.75) is 12.3 Å². The van der Waals surface area contributed by atoms with Gasteiger partial charge in [0.1, 0.15) is 5.00 Å². The van der Waals surface area contributed by atoms with E-state index in [0.29, 0.717) is 18.1 Å². The number of nitrogen functional groups attached to an aromatic ring is 1. The molecule has 1 aromatic rings. The van der Waals surface area contributed by atoms with Crippen molar-refractivity contribution in [3.63, 3.8) is 0 Å². The summed E-state index contributed by atoms with van der Waals surface area (Å²) < 4.78 is 28.3. The summed E-state index contributed by atoms with van der Waals surface area (Å²) in [5.41, 5.74) is 6.51. The highest BCUT2D eigenvalue weighted by atomic mass is 32.2. The number of sulfonamides is 1. The Bertz CT molecular complexity index is 454. The molecular formula is C8H13N3O2S2. The van der Waals surface area contributed by atoms with Crippen LogP contribution in [0.1, 0.15) is 18.0 Å². The fourth-order valence-electron chi connectivity index (χ4n) is 1.77. The third-order valence-corrected chi connectivity index (χ3v) is 4.49. The number of nitrogens with two attached hydrogens (primary N) is 1. The minimum atomic E-state index is -3.06. The molecule has 0 bridgehead atoms. The molecule has 2 heterocycles. The molecule has 0 radical (unpaired) electrons. The van der Waals surface area contributed by atoms with Gasteiger partial charge in [-0.15, -0.1) is 0 Å². The summed E-state index contributed by atoms with van der Waals surface area (Å²) in [4.78, 5) is 0. The van der Waals surface area contributed by atoms with Gasteiger partial charge in [0.25, 0.3) is 0 Å². The molecule has 1 aliphatic heterocycles. The van der Waals surface area contributed by atoms with Crippen LogP contribution < -0.4 is 5.73 Å². The highest BCUT2D eigenvalue weighted by Crippen LogP contribution is 2.29. The maximum atomic E-state index is 11.3. The molecule has 0 aromatic carbocycles. The monoisotopic (exact) mass is 247 g/mol. The van der Waals surface area contributed by atoms with E-state index in [9.17, 15) is 8.42 Å². The summed E-state index contributed by atoms with van der Waals surface area (Å²) >= 11 is 1.26. The molecule has 1 aliphatic rings. The molecule has 1 aromatic heterocycles. The predicted octanol–water partition coefficient (Wildman–Crippen LogP) is 0.474. The molecule has 0 saturated carbocycles. The van der Waals surface area contributed by atoms with E-state index in [1.165, 1.54) is 22.1 Å². The maximum Gasteiger partial charge on any atom is 0.211 e. The largest absolute Gasteiger partial charge is 0.389 e. The lowest BCUT2D eigenvalue weighted by molar-refractivity contribution is 0.478. The minimum Gasteiger partial charge on any atom is -0.389 e. The van der Waals surface area contributed by atoms with Crippen LogP contribution >= 0.6 is 11.5 Å². The zero-order valence-corrected chi connectivity index (χ0v) is 10.0. The Morgan fingerprint density at radius 1 is 1.67 bits per heavy atom. The Morgan fingerprint density at radius 2 is 2.40 bits per heavy atom. The van der Waals surface area contributed by atoms with Crippen LogP contribution in [0.5, 0.6) is 0 Å². The smallest absolute Gasteiger partial charge is 0.211 e. The van der Waals surface area contributed by atoms with Gasteiger partial charge in [-0.2, -0.15) is 4.37 Å². The van der Waals surface area contributed by atoms with Gasteiger partial charge in [0.15, 0.2) is 0 Å². The fraction of sp³-hybridized carbons (Fsp3) is 0.625. The normalized spacial score (nSPS) is 23.4. The zero-order chi connectivity index (χ0) is 11.1. The fourth-order valence-corrected chi connectivity index (χ4v) is 3.24. The van der Waals surface area contributed by atoms with Crippen molar-refractivity contribution in [3.8, 4) is 0 Å². The summed E-state index contributed by atoms with van der Waals surface area (Å²) in [6.45, 7) is 1.11. The predicted molar refractivity (Wildman–Crippen MR) is 60.3 cm³/mol. The van der Waals surface area contributed by atoms with Gasteiger partial charge >= 0.3 is 0 Å². The van der Waals surface area contributed by atoms with Gasteiger partial charge < -0.3 is 5.73 Å². The second-order valence-corrected chi connectivity index (χ2v) is 6.58. The first kappa shape index (κ1) is 10.8. The van der Waals surface area contributed by atoms with Gasteiger partial charge in [-0.1, -0.05) is 0 Å². The van der Waals surface area contributed by atoms with Crippen molar-refractivity contribution in [2.75, 3.05) is 25.1 Å². The molecule has 0 aliphatic carbocycles. The summed E-state index contributed by atoms with van der Waals surface area (Å²) in [6, 6.07) is 1.83. The molecule has 7 heteroatoms. The number of anilines is 1. The van der Waals surface area contributed by atoms with E-state index in [2.05, 4.69) is 4.37 Å². The molecule has 1 unspecified atom stereocenters. The van der Waals surface area contributed by atoms with E-state index in [1.807, 2.05) is 6.07 Å². The number of hydrogen-bond donors (Lipinski definition) is 1. The summed E-state index contributed by atoms with van der Waals surface area (Å²) in [7, 11) is -3.06. The molecule has 1 saturated heterocycles. The molecule has 1 atom stereocenters. The second kappa shape index (κ2) is 3.73. The van der Waals surface area contributed by atoms with Gasteiger partial charge in [-0.05, 0) is 24.0 Å². The van der Waals surface area contributed by atoms with Crippen LogP contribution in [0.2, 0.25) is 0 Å². The number of hydrogen-bond acceptors (Lipinski definition) is 5. The standard InChI is InChI=1S/C8H13N3O2S2/c1-15(12,13)11-3-2-6(5-11)7-4-8(9)14-10-7/h4,6H,2-3,5,9H2,1H3. The molecule has 15 heavy (non-hydrogen) atoms. The van der Waals surface area contributed by atoms with Crippen LogP contribution in [0.25, 0.3) is 0 Å². The molecule has 84 valence electrons. The van der Waals surface area contributed by atoms with E-state index < -0.39 is 10.0 Å². The molecule has 0 amide bonds. The molecule has 0 spiro atoms. The molecular weight excluding hydrogens is 234 g/mol. The van der Waals surface area contributed by atoms with E-state index in [-0.39, 0.29) is 5.92 Å². The molecule has 5 nitrogen and oxygen atoms in total. The average molecular weight is 247 g/mol. The van der Waals surface area contributed by atoms with Gasteiger partial charge in [0.05, 0.1) is 11.9 Å². The van der Waals surface area contributed by atoms with Crippen molar-refractivity contribution in [2.24, 2.45) is 0 Å². The highest BCUT2D eigenvalue weighted by molar-refractivity contribution is 7.88. The van der Waals surface area contributed by atoms with Crippen molar-refractivity contribution in [3.05, 3.63) is 11.8 Å². The maximum absolute atomic E-state index is 11.3. The van der Waals surface area contributed by atoms with E-state index >= 15 is 0 Å². The minimum absolute atomic E-state index is 0.202. The van der Waals surface area contributed by atoms with Crippen LogP contribution in [0, 0.1) is 0 Å². The zero-order valence-electron chi connectivity index (χ0n) is 8.38. The Balaban J connectivity index is 2.11. The quantitative estimate of drug-likeness (QED) is 0.824. The second-order valence-electron chi connectivity index (χ2n) is 3.76. The van der Waals surface area contributed by atoms with Gasteiger partial charge in [0.2, 0.25) is 10.0 Å². The van der Waals surface area contributed by atoms with E-state index in [0.717, 1.165) is 12.1 Å². The first-order valence-corrected chi connectivity index (χ1v) is 7.26. The first-order valence-electron chi connectivity index (χ1n) is 4.64. The van der Waals surface area contributed by atoms with Gasteiger partial charge in [0, 0.05) is 19.0 Å². The van der Waals surface area contributed by atoms with Gasteiger partial charge in [-0.3, -0.25) is 0 Å². The Kier molecular flexibility index (Phi) is 2.70. The lowest BCUT2D eigenvalue weighted by Crippen LogP contribution is -2.27. The molecule has 1 fully saturated rings. The summed E-state index contributed by atoms with van der Waals surface area (Å²) in [6.07, 6.45) is 2.07.